The SMILES string of the molecule is CN(C)CCc1sc2ccccc2c1CCc1ncccc1F. The third-order valence-corrected chi connectivity index (χ3v) is 5.29. The highest BCUT2D eigenvalue weighted by Crippen LogP contribution is 2.32. The average Bonchev–Trinajstić information content (AvgIpc) is 2.90. The first-order chi connectivity index (χ1) is 11.1. The number of likely N-dealkylation sites (N-methyl/N-ethyl adjacent to an activating group) is 1. The predicted molar refractivity (Wildman–Crippen MR) is 95.7 cm³/mol. The van der Waals surface area contributed by atoms with E-state index in [9.17, 15) is 4.39 Å². The molecule has 2 nitrogen and oxygen atoms in total. The maximum atomic E-state index is 13.8. The number of pyridine rings is 1. The number of aryl methyl sites for hydroxylation is 2. The van der Waals surface area contributed by atoms with Crippen molar-refractivity contribution in [2.75, 3.05) is 20.6 Å². The number of fused-ring (bicyclic) bond motifs is 1. The highest BCUT2D eigenvalue weighted by molar-refractivity contribution is 7.19. The van der Waals surface area contributed by atoms with Crippen LogP contribution >= 0.6 is 11.3 Å². The van der Waals surface area contributed by atoms with Gasteiger partial charge in [-0.1, -0.05) is 18.2 Å². The van der Waals surface area contributed by atoms with E-state index in [1.54, 1.807) is 12.3 Å². The van der Waals surface area contributed by atoms with Crippen molar-refractivity contribution in [3.63, 3.8) is 0 Å². The summed E-state index contributed by atoms with van der Waals surface area (Å²) in [4.78, 5) is 7.80. The van der Waals surface area contributed by atoms with E-state index >= 15 is 0 Å². The second kappa shape index (κ2) is 7.20. The molecule has 0 atom stereocenters. The fourth-order valence-corrected chi connectivity index (χ4v) is 4.04. The molecule has 4 heteroatoms. The van der Waals surface area contributed by atoms with Gasteiger partial charge >= 0.3 is 0 Å². The molecule has 0 N–H and O–H groups in total. The zero-order valence-corrected chi connectivity index (χ0v) is 14.4. The Morgan fingerprint density at radius 2 is 1.87 bits per heavy atom. The second-order valence-corrected chi connectivity index (χ2v) is 7.12. The van der Waals surface area contributed by atoms with Gasteiger partial charge in [-0.05, 0) is 62.5 Å². The number of aromatic nitrogens is 1. The van der Waals surface area contributed by atoms with Gasteiger partial charge in [-0.2, -0.15) is 0 Å². The lowest BCUT2D eigenvalue weighted by Gasteiger charge is -2.10. The summed E-state index contributed by atoms with van der Waals surface area (Å²) in [7, 11) is 4.19. The van der Waals surface area contributed by atoms with Gasteiger partial charge in [-0.25, -0.2) is 4.39 Å². The van der Waals surface area contributed by atoms with E-state index in [-0.39, 0.29) is 5.82 Å². The maximum absolute atomic E-state index is 13.8. The number of benzene rings is 1. The molecule has 0 radical (unpaired) electrons. The van der Waals surface area contributed by atoms with Crippen LogP contribution in [-0.4, -0.2) is 30.5 Å². The van der Waals surface area contributed by atoms with Crippen molar-refractivity contribution < 1.29 is 4.39 Å². The van der Waals surface area contributed by atoms with Crippen molar-refractivity contribution >= 4 is 21.4 Å². The summed E-state index contributed by atoms with van der Waals surface area (Å²) < 4.78 is 15.1. The van der Waals surface area contributed by atoms with Crippen LogP contribution in [0, 0.1) is 5.82 Å². The summed E-state index contributed by atoms with van der Waals surface area (Å²) >= 11 is 1.86. The summed E-state index contributed by atoms with van der Waals surface area (Å²) in [6, 6.07) is 11.6. The van der Waals surface area contributed by atoms with Gasteiger partial charge in [-0.3, -0.25) is 4.98 Å². The molecule has 0 fully saturated rings. The van der Waals surface area contributed by atoms with Gasteiger partial charge in [0.1, 0.15) is 5.82 Å². The quantitative estimate of drug-likeness (QED) is 0.670. The highest BCUT2D eigenvalue weighted by atomic mass is 32.1. The summed E-state index contributed by atoms with van der Waals surface area (Å²) in [5.74, 6) is -0.207. The lowest BCUT2D eigenvalue weighted by Crippen LogP contribution is -2.15. The number of thiophene rings is 1. The first-order valence-corrected chi connectivity index (χ1v) is 8.70. The van der Waals surface area contributed by atoms with Gasteiger partial charge in [0.2, 0.25) is 0 Å². The van der Waals surface area contributed by atoms with Crippen LogP contribution < -0.4 is 0 Å². The standard InChI is InChI=1S/C19H21FN2S/c1-22(2)13-11-19-15(14-6-3-4-8-18(14)23-19)9-10-17-16(20)7-5-12-21-17/h3-8,12H,9-11,13H2,1-2H3. The lowest BCUT2D eigenvalue weighted by atomic mass is 10.0. The highest BCUT2D eigenvalue weighted by Gasteiger charge is 2.13. The van der Waals surface area contributed by atoms with E-state index in [1.807, 2.05) is 11.3 Å². The summed E-state index contributed by atoms with van der Waals surface area (Å²) in [5.41, 5.74) is 1.92. The largest absolute Gasteiger partial charge is 0.309 e. The molecule has 3 rings (SSSR count). The molecule has 0 bridgehead atoms. The maximum Gasteiger partial charge on any atom is 0.144 e. The third-order valence-electron chi connectivity index (χ3n) is 4.01. The molecular formula is C19H21FN2S. The second-order valence-electron chi connectivity index (χ2n) is 5.99. The molecule has 1 aromatic carbocycles. The Bertz CT molecular complexity index is 795. The van der Waals surface area contributed by atoms with Crippen LogP contribution in [0.25, 0.3) is 10.1 Å². The lowest BCUT2D eigenvalue weighted by molar-refractivity contribution is 0.414. The molecule has 0 unspecified atom stereocenters. The topological polar surface area (TPSA) is 16.1 Å². The van der Waals surface area contributed by atoms with Gasteiger partial charge < -0.3 is 4.90 Å². The van der Waals surface area contributed by atoms with Crippen LogP contribution in [0.15, 0.2) is 42.6 Å². The molecule has 0 aliphatic carbocycles. The van der Waals surface area contributed by atoms with Crippen molar-refractivity contribution in [1.29, 1.82) is 0 Å². The van der Waals surface area contributed by atoms with Crippen molar-refractivity contribution in [2.45, 2.75) is 19.3 Å². The number of nitrogens with zero attached hydrogens (tertiary/aromatic N) is 2. The molecule has 0 saturated heterocycles. The number of halogens is 1. The molecule has 0 spiro atoms. The van der Waals surface area contributed by atoms with E-state index in [1.165, 1.54) is 26.6 Å². The Hall–Kier alpha value is -1.78. The van der Waals surface area contributed by atoms with E-state index in [4.69, 9.17) is 0 Å². The minimum atomic E-state index is -0.207. The van der Waals surface area contributed by atoms with Gasteiger partial charge in [0.25, 0.3) is 0 Å². The van der Waals surface area contributed by atoms with Gasteiger partial charge in [0.15, 0.2) is 0 Å². The molecule has 3 aromatic rings. The smallest absolute Gasteiger partial charge is 0.144 e. The molecule has 23 heavy (non-hydrogen) atoms. The first-order valence-electron chi connectivity index (χ1n) is 7.88. The zero-order chi connectivity index (χ0) is 16.2. The van der Waals surface area contributed by atoms with Crippen molar-refractivity contribution in [3.8, 4) is 0 Å². The third kappa shape index (κ3) is 3.77. The number of hydrogen-bond donors (Lipinski definition) is 0. The van der Waals surface area contributed by atoms with Crippen LogP contribution in [0.4, 0.5) is 4.39 Å². The van der Waals surface area contributed by atoms with E-state index in [0.29, 0.717) is 12.1 Å². The van der Waals surface area contributed by atoms with Crippen molar-refractivity contribution in [1.82, 2.24) is 9.88 Å². The summed E-state index contributed by atoms with van der Waals surface area (Å²) in [5, 5.41) is 1.31. The zero-order valence-electron chi connectivity index (χ0n) is 13.6. The average molecular weight is 328 g/mol. The van der Waals surface area contributed by atoms with Crippen LogP contribution in [0.5, 0.6) is 0 Å². The fraction of sp³-hybridized carbons (Fsp3) is 0.316. The van der Waals surface area contributed by atoms with Gasteiger partial charge in [-0.15, -0.1) is 11.3 Å². The summed E-state index contributed by atoms with van der Waals surface area (Å²) in [6.07, 6.45) is 4.17. The Labute approximate surface area is 140 Å². The summed E-state index contributed by atoms with van der Waals surface area (Å²) in [6.45, 7) is 1.03. The normalized spacial score (nSPS) is 11.5. The van der Waals surface area contributed by atoms with Gasteiger partial charge in [0, 0.05) is 22.3 Å². The molecule has 120 valence electrons. The Balaban J connectivity index is 1.88. The van der Waals surface area contributed by atoms with Crippen LogP contribution in [0.2, 0.25) is 0 Å². The molecule has 2 aromatic heterocycles. The number of rotatable bonds is 6. The molecule has 0 aliphatic heterocycles. The number of hydrogen-bond acceptors (Lipinski definition) is 3. The van der Waals surface area contributed by atoms with E-state index in [0.717, 1.165) is 19.4 Å². The Morgan fingerprint density at radius 3 is 2.65 bits per heavy atom. The molecule has 2 heterocycles. The minimum Gasteiger partial charge on any atom is -0.309 e. The molecule has 0 saturated carbocycles. The molecule has 0 aliphatic rings. The molecule has 0 amide bonds. The van der Waals surface area contributed by atoms with Crippen LogP contribution in [0.3, 0.4) is 0 Å². The van der Waals surface area contributed by atoms with E-state index < -0.39 is 0 Å². The monoisotopic (exact) mass is 328 g/mol. The van der Waals surface area contributed by atoms with Crippen molar-refractivity contribution in [3.05, 3.63) is 64.5 Å². The minimum absolute atomic E-state index is 0.207. The fourth-order valence-electron chi connectivity index (χ4n) is 2.80. The Morgan fingerprint density at radius 1 is 1.04 bits per heavy atom. The van der Waals surface area contributed by atoms with Crippen LogP contribution in [-0.2, 0) is 19.3 Å². The predicted octanol–water partition coefficient (Wildman–Crippen LogP) is 4.32. The van der Waals surface area contributed by atoms with E-state index in [2.05, 4.69) is 48.2 Å². The Kier molecular flexibility index (Phi) is 5.03. The van der Waals surface area contributed by atoms with Crippen molar-refractivity contribution in [2.24, 2.45) is 0 Å². The van der Waals surface area contributed by atoms with Crippen LogP contribution in [0.1, 0.15) is 16.1 Å². The van der Waals surface area contributed by atoms with Gasteiger partial charge in [0.05, 0.1) is 5.69 Å². The molecular weight excluding hydrogens is 307 g/mol. The first kappa shape index (κ1) is 16.1.